The number of aromatic nitrogens is 1. The summed E-state index contributed by atoms with van der Waals surface area (Å²) in [4.78, 5) is 11.9. The maximum atomic E-state index is 13.5. The van der Waals surface area contributed by atoms with Gasteiger partial charge in [-0.25, -0.2) is 9.18 Å². The van der Waals surface area contributed by atoms with Gasteiger partial charge < -0.3 is 14.0 Å². The number of methoxy groups -OCH3 is 1. The zero-order valence-corrected chi connectivity index (χ0v) is 11.6. The second-order valence-electron chi connectivity index (χ2n) is 4.46. The summed E-state index contributed by atoms with van der Waals surface area (Å²) in [6, 6.07) is 7.99. The molecule has 0 aliphatic carbocycles. The van der Waals surface area contributed by atoms with Crippen LogP contribution in [0.1, 0.15) is 21.7 Å². The predicted octanol–water partition coefficient (Wildman–Crippen LogP) is 2.84. The minimum absolute atomic E-state index is 0.0178. The van der Waals surface area contributed by atoms with Crippen molar-refractivity contribution in [1.29, 1.82) is 0 Å². The summed E-state index contributed by atoms with van der Waals surface area (Å²) in [5, 5.41) is 0. The van der Waals surface area contributed by atoms with Crippen molar-refractivity contribution in [2.75, 3.05) is 7.11 Å². The van der Waals surface area contributed by atoms with E-state index in [2.05, 4.69) is 0 Å². The molecule has 0 aliphatic heterocycles. The van der Waals surface area contributed by atoms with Crippen LogP contribution in [0.4, 0.5) is 4.39 Å². The second kappa shape index (κ2) is 5.77. The predicted molar refractivity (Wildman–Crippen MR) is 72.2 cm³/mol. The Morgan fingerprint density at radius 3 is 2.60 bits per heavy atom. The lowest BCUT2D eigenvalue weighted by molar-refractivity contribution is 0.0461. The maximum absolute atomic E-state index is 13.5. The number of halogens is 1. The Balaban J connectivity index is 2.03. The lowest BCUT2D eigenvalue weighted by atomic mass is 10.2. The fourth-order valence-corrected chi connectivity index (χ4v) is 1.84. The van der Waals surface area contributed by atoms with Gasteiger partial charge in [-0.1, -0.05) is 6.07 Å². The van der Waals surface area contributed by atoms with Crippen molar-refractivity contribution in [2.24, 2.45) is 7.05 Å². The van der Waals surface area contributed by atoms with E-state index in [1.807, 2.05) is 13.0 Å². The summed E-state index contributed by atoms with van der Waals surface area (Å²) in [5.74, 6) is -0.745. The molecule has 0 fully saturated rings. The van der Waals surface area contributed by atoms with Crippen molar-refractivity contribution >= 4 is 5.97 Å². The van der Waals surface area contributed by atoms with E-state index in [1.54, 1.807) is 23.7 Å². The highest BCUT2D eigenvalue weighted by molar-refractivity contribution is 5.87. The third kappa shape index (κ3) is 2.82. The highest BCUT2D eigenvalue weighted by Gasteiger charge is 2.13. The normalized spacial score (nSPS) is 10.4. The van der Waals surface area contributed by atoms with Crippen LogP contribution >= 0.6 is 0 Å². The van der Waals surface area contributed by atoms with Crippen LogP contribution in [0.3, 0.4) is 0 Å². The van der Waals surface area contributed by atoms with Crippen LogP contribution < -0.4 is 4.74 Å². The van der Waals surface area contributed by atoms with Crippen LogP contribution in [-0.4, -0.2) is 17.6 Å². The molecule has 4 nitrogen and oxygen atoms in total. The Labute approximate surface area is 116 Å². The molecule has 0 spiro atoms. The minimum Gasteiger partial charge on any atom is -0.494 e. The largest absolute Gasteiger partial charge is 0.494 e. The fourth-order valence-electron chi connectivity index (χ4n) is 1.84. The van der Waals surface area contributed by atoms with Crippen LogP contribution in [0.25, 0.3) is 0 Å². The van der Waals surface area contributed by atoms with Gasteiger partial charge in [0, 0.05) is 12.7 Å². The molecule has 20 heavy (non-hydrogen) atoms. The monoisotopic (exact) mass is 277 g/mol. The lowest BCUT2D eigenvalue weighted by Crippen LogP contribution is -2.10. The quantitative estimate of drug-likeness (QED) is 0.807. The standard InChI is InChI=1S/C15H16FNO3/c1-10-4-6-13(17(10)2)15(18)20-9-11-5-7-14(19-3)12(16)8-11/h4-8H,9H2,1-3H3. The number of aryl methyl sites for hydroxylation is 1. The third-order valence-corrected chi connectivity index (χ3v) is 3.17. The molecule has 2 rings (SSSR count). The Kier molecular flexibility index (Phi) is 4.08. The van der Waals surface area contributed by atoms with Gasteiger partial charge in [-0.3, -0.25) is 0 Å². The van der Waals surface area contributed by atoms with Crippen molar-refractivity contribution in [3.8, 4) is 5.75 Å². The van der Waals surface area contributed by atoms with Crippen molar-refractivity contribution in [2.45, 2.75) is 13.5 Å². The van der Waals surface area contributed by atoms with Crippen LogP contribution in [0.2, 0.25) is 0 Å². The molecule has 0 aliphatic rings. The van der Waals surface area contributed by atoms with Gasteiger partial charge in [0.15, 0.2) is 11.6 Å². The van der Waals surface area contributed by atoms with Gasteiger partial charge in [-0.15, -0.1) is 0 Å². The summed E-state index contributed by atoms with van der Waals surface area (Å²) in [6.45, 7) is 1.92. The number of rotatable bonds is 4. The number of ether oxygens (including phenoxy) is 2. The van der Waals surface area contributed by atoms with Gasteiger partial charge in [0.2, 0.25) is 0 Å². The molecule has 5 heteroatoms. The van der Waals surface area contributed by atoms with E-state index in [4.69, 9.17) is 9.47 Å². The Bertz CT molecular complexity index is 634. The number of nitrogens with zero attached hydrogens (tertiary/aromatic N) is 1. The SMILES string of the molecule is COc1ccc(COC(=O)c2ccc(C)n2C)cc1F. The van der Waals surface area contributed by atoms with Crippen molar-refractivity contribution in [1.82, 2.24) is 4.57 Å². The smallest absolute Gasteiger partial charge is 0.355 e. The molecule has 1 heterocycles. The minimum atomic E-state index is -0.476. The summed E-state index contributed by atoms with van der Waals surface area (Å²) in [7, 11) is 3.19. The molecule has 0 atom stereocenters. The van der Waals surface area contributed by atoms with E-state index in [1.165, 1.54) is 19.2 Å². The van der Waals surface area contributed by atoms with Gasteiger partial charge in [0.05, 0.1) is 7.11 Å². The summed E-state index contributed by atoms with van der Waals surface area (Å²) in [6.07, 6.45) is 0. The van der Waals surface area contributed by atoms with E-state index >= 15 is 0 Å². The number of carbonyl (C=O) groups is 1. The molecule has 0 bridgehead atoms. The topological polar surface area (TPSA) is 40.5 Å². The Morgan fingerprint density at radius 2 is 2.05 bits per heavy atom. The zero-order valence-electron chi connectivity index (χ0n) is 11.6. The van der Waals surface area contributed by atoms with E-state index < -0.39 is 11.8 Å². The number of carbonyl (C=O) groups excluding carboxylic acids is 1. The molecule has 1 aromatic heterocycles. The van der Waals surface area contributed by atoms with E-state index in [-0.39, 0.29) is 12.4 Å². The lowest BCUT2D eigenvalue weighted by Gasteiger charge is -2.08. The van der Waals surface area contributed by atoms with E-state index in [0.29, 0.717) is 11.3 Å². The van der Waals surface area contributed by atoms with Crippen molar-refractivity contribution in [3.63, 3.8) is 0 Å². The van der Waals surface area contributed by atoms with Gasteiger partial charge in [0.1, 0.15) is 12.3 Å². The van der Waals surface area contributed by atoms with Crippen molar-refractivity contribution in [3.05, 3.63) is 53.1 Å². The van der Waals surface area contributed by atoms with Crippen LogP contribution in [0.15, 0.2) is 30.3 Å². The molecule has 0 radical (unpaired) electrons. The first kappa shape index (κ1) is 14.1. The number of hydrogen-bond donors (Lipinski definition) is 0. The highest BCUT2D eigenvalue weighted by Crippen LogP contribution is 2.18. The Morgan fingerprint density at radius 1 is 1.30 bits per heavy atom. The average molecular weight is 277 g/mol. The molecule has 0 saturated heterocycles. The van der Waals surface area contributed by atoms with Crippen LogP contribution in [0.5, 0.6) is 5.75 Å². The summed E-state index contributed by atoms with van der Waals surface area (Å²) >= 11 is 0. The summed E-state index contributed by atoms with van der Waals surface area (Å²) in [5.41, 5.74) is 2.01. The average Bonchev–Trinajstić information content (AvgIpc) is 2.76. The van der Waals surface area contributed by atoms with Crippen LogP contribution in [-0.2, 0) is 18.4 Å². The first-order valence-electron chi connectivity index (χ1n) is 6.14. The molecule has 0 N–H and O–H groups in total. The molecule has 0 unspecified atom stereocenters. The zero-order chi connectivity index (χ0) is 14.7. The van der Waals surface area contributed by atoms with Crippen molar-refractivity contribution < 1.29 is 18.7 Å². The second-order valence-corrected chi connectivity index (χ2v) is 4.46. The molecule has 1 aromatic carbocycles. The molecule has 0 amide bonds. The van der Waals surface area contributed by atoms with E-state index in [9.17, 15) is 9.18 Å². The van der Waals surface area contributed by atoms with Gasteiger partial charge in [-0.2, -0.15) is 0 Å². The fraction of sp³-hybridized carbons (Fsp3) is 0.267. The molecule has 106 valence electrons. The summed E-state index contributed by atoms with van der Waals surface area (Å²) < 4.78 is 25.2. The van der Waals surface area contributed by atoms with Crippen LogP contribution in [0, 0.1) is 12.7 Å². The van der Waals surface area contributed by atoms with Gasteiger partial charge in [0.25, 0.3) is 0 Å². The molecular formula is C15H16FNO3. The first-order valence-corrected chi connectivity index (χ1v) is 6.14. The Hall–Kier alpha value is -2.30. The highest BCUT2D eigenvalue weighted by atomic mass is 19.1. The molecular weight excluding hydrogens is 261 g/mol. The molecule has 0 saturated carbocycles. The maximum Gasteiger partial charge on any atom is 0.355 e. The van der Waals surface area contributed by atoms with Gasteiger partial charge >= 0.3 is 5.97 Å². The first-order chi connectivity index (χ1) is 9.52. The number of benzene rings is 1. The van der Waals surface area contributed by atoms with E-state index in [0.717, 1.165) is 5.69 Å². The number of esters is 1. The molecule has 2 aromatic rings. The van der Waals surface area contributed by atoms with Gasteiger partial charge in [-0.05, 0) is 36.8 Å². The third-order valence-electron chi connectivity index (χ3n) is 3.17. The number of hydrogen-bond acceptors (Lipinski definition) is 3.